The Morgan fingerprint density at radius 1 is 1.26 bits per heavy atom. The maximum atomic E-state index is 11.3. The molecule has 0 saturated carbocycles. The number of anilines is 2. The van der Waals surface area contributed by atoms with Crippen molar-refractivity contribution in [2.75, 3.05) is 37.2 Å². The van der Waals surface area contributed by atoms with Crippen LogP contribution >= 0.6 is 0 Å². The van der Waals surface area contributed by atoms with Crippen LogP contribution in [-0.2, 0) is 10.0 Å². The summed E-state index contributed by atoms with van der Waals surface area (Å²) >= 11 is 0. The van der Waals surface area contributed by atoms with Gasteiger partial charge in [0.25, 0.3) is 0 Å². The maximum Gasteiger partial charge on any atom is 0.238 e. The standard InChI is InChI=1S/C12H22N4O2S/c1-3-16(4-2)8-7-15-12-9-10(19(14,17)18)5-6-11(12)13/h5-6,9,15H,3-4,7-8,13H2,1-2H3,(H2,14,17,18). The molecule has 0 fully saturated rings. The van der Waals surface area contributed by atoms with Gasteiger partial charge in [0.15, 0.2) is 0 Å². The van der Waals surface area contributed by atoms with Crippen molar-refractivity contribution < 1.29 is 8.42 Å². The summed E-state index contributed by atoms with van der Waals surface area (Å²) in [6, 6.07) is 4.41. The van der Waals surface area contributed by atoms with Crippen LogP contribution in [0.1, 0.15) is 13.8 Å². The number of nitrogens with two attached hydrogens (primary N) is 2. The lowest BCUT2D eigenvalue weighted by molar-refractivity contribution is 0.316. The number of nitrogen functional groups attached to an aromatic ring is 1. The second-order valence-corrected chi connectivity index (χ2v) is 5.81. The van der Waals surface area contributed by atoms with Gasteiger partial charge in [-0.25, -0.2) is 13.6 Å². The van der Waals surface area contributed by atoms with Crippen molar-refractivity contribution in [3.8, 4) is 0 Å². The molecule has 1 aromatic rings. The molecule has 0 aliphatic carbocycles. The summed E-state index contributed by atoms with van der Waals surface area (Å²) in [6.07, 6.45) is 0. The predicted molar refractivity (Wildman–Crippen MR) is 78.5 cm³/mol. The van der Waals surface area contributed by atoms with Crippen LogP contribution in [0.5, 0.6) is 0 Å². The van der Waals surface area contributed by atoms with E-state index in [1.807, 2.05) is 0 Å². The lowest BCUT2D eigenvalue weighted by Crippen LogP contribution is -2.28. The zero-order valence-electron chi connectivity index (χ0n) is 11.4. The molecular formula is C12H22N4O2S. The van der Waals surface area contributed by atoms with Gasteiger partial charge in [0, 0.05) is 13.1 Å². The minimum Gasteiger partial charge on any atom is -0.397 e. The molecule has 1 aromatic carbocycles. The van der Waals surface area contributed by atoms with Gasteiger partial charge in [-0.2, -0.15) is 0 Å². The summed E-state index contributed by atoms with van der Waals surface area (Å²) in [5.74, 6) is 0. The first kappa shape index (κ1) is 15.7. The normalized spacial score (nSPS) is 11.8. The molecule has 0 aliphatic heterocycles. The van der Waals surface area contributed by atoms with Gasteiger partial charge in [-0.05, 0) is 31.3 Å². The summed E-state index contributed by atoms with van der Waals surface area (Å²) in [6.45, 7) is 7.71. The highest BCUT2D eigenvalue weighted by molar-refractivity contribution is 7.89. The summed E-state index contributed by atoms with van der Waals surface area (Å²) in [4.78, 5) is 2.32. The second kappa shape index (κ2) is 6.74. The zero-order chi connectivity index (χ0) is 14.5. The third kappa shape index (κ3) is 4.70. The first-order valence-electron chi connectivity index (χ1n) is 6.27. The SMILES string of the molecule is CCN(CC)CCNc1cc(S(N)(=O)=O)ccc1N. The zero-order valence-corrected chi connectivity index (χ0v) is 12.2. The predicted octanol–water partition coefficient (Wildman–Crippen LogP) is 0.670. The van der Waals surface area contributed by atoms with E-state index in [4.69, 9.17) is 10.9 Å². The largest absolute Gasteiger partial charge is 0.397 e. The number of hydrogen-bond acceptors (Lipinski definition) is 5. The summed E-state index contributed by atoms with van der Waals surface area (Å²) < 4.78 is 22.5. The molecule has 19 heavy (non-hydrogen) atoms. The smallest absolute Gasteiger partial charge is 0.238 e. The van der Waals surface area contributed by atoms with Crippen molar-refractivity contribution in [1.82, 2.24) is 4.90 Å². The van der Waals surface area contributed by atoms with E-state index >= 15 is 0 Å². The Morgan fingerprint density at radius 3 is 2.42 bits per heavy atom. The fraction of sp³-hybridized carbons (Fsp3) is 0.500. The number of nitrogens with one attached hydrogen (secondary N) is 1. The Balaban J connectivity index is 2.73. The molecule has 0 spiro atoms. The van der Waals surface area contributed by atoms with Crippen LogP contribution in [0.4, 0.5) is 11.4 Å². The minimum atomic E-state index is -3.70. The third-order valence-electron chi connectivity index (χ3n) is 2.99. The topological polar surface area (TPSA) is 101 Å². The molecule has 0 unspecified atom stereocenters. The molecule has 108 valence electrons. The molecule has 5 N–H and O–H groups in total. The monoisotopic (exact) mass is 286 g/mol. The van der Waals surface area contributed by atoms with E-state index in [-0.39, 0.29) is 4.90 Å². The fourth-order valence-corrected chi connectivity index (χ4v) is 2.29. The molecule has 0 aromatic heterocycles. The summed E-state index contributed by atoms with van der Waals surface area (Å²) in [5, 5.41) is 8.23. The van der Waals surface area contributed by atoms with Gasteiger partial charge in [0.2, 0.25) is 10.0 Å². The van der Waals surface area contributed by atoms with Crippen LogP contribution in [-0.4, -0.2) is 39.5 Å². The lowest BCUT2D eigenvalue weighted by atomic mass is 10.2. The van der Waals surface area contributed by atoms with Gasteiger partial charge in [-0.1, -0.05) is 13.8 Å². The molecule has 0 heterocycles. The Kier molecular flexibility index (Phi) is 5.59. The lowest BCUT2D eigenvalue weighted by Gasteiger charge is -2.19. The minimum absolute atomic E-state index is 0.0621. The summed E-state index contributed by atoms with van der Waals surface area (Å²) in [7, 11) is -3.70. The van der Waals surface area contributed by atoms with Crippen molar-refractivity contribution in [2.45, 2.75) is 18.7 Å². The van der Waals surface area contributed by atoms with Crippen molar-refractivity contribution in [3.05, 3.63) is 18.2 Å². The molecule has 0 atom stereocenters. The molecule has 0 saturated heterocycles. The molecule has 0 bridgehead atoms. The Labute approximate surface area is 114 Å². The highest BCUT2D eigenvalue weighted by Crippen LogP contribution is 2.21. The first-order chi connectivity index (χ1) is 8.88. The molecule has 1 rings (SSSR count). The maximum absolute atomic E-state index is 11.3. The second-order valence-electron chi connectivity index (χ2n) is 4.25. The van der Waals surface area contributed by atoms with Crippen LogP contribution in [0.3, 0.4) is 0 Å². The van der Waals surface area contributed by atoms with Crippen LogP contribution < -0.4 is 16.2 Å². The van der Waals surface area contributed by atoms with E-state index in [9.17, 15) is 8.42 Å². The Hall–Kier alpha value is -1.31. The fourth-order valence-electron chi connectivity index (χ4n) is 1.75. The van der Waals surface area contributed by atoms with Crippen molar-refractivity contribution in [3.63, 3.8) is 0 Å². The van der Waals surface area contributed by atoms with Crippen molar-refractivity contribution in [1.29, 1.82) is 0 Å². The number of primary sulfonamides is 1. The van der Waals surface area contributed by atoms with E-state index in [2.05, 4.69) is 24.1 Å². The van der Waals surface area contributed by atoms with E-state index in [0.717, 1.165) is 19.6 Å². The molecule has 7 heteroatoms. The quantitative estimate of drug-likeness (QED) is 0.639. The molecule has 6 nitrogen and oxygen atoms in total. The van der Waals surface area contributed by atoms with Crippen LogP contribution in [0.15, 0.2) is 23.1 Å². The number of rotatable bonds is 7. The van der Waals surface area contributed by atoms with E-state index in [0.29, 0.717) is 17.9 Å². The van der Waals surface area contributed by atoms with Crippen LogP contribution in [0.25, 0.3) is 0 Å². The van der Waals surface area contributed by atoms with Gasteiger partial charge in [-0.15, -0.1) is 0 Å². The van der Waals surface area contributed by atoms with E-state index in [1.165, 1.54) is 12.1 Å². The third-order valence-corrected chi connectivity index (χ3v) is 3.90. The number of nitrogens with zero attached hydrogens (tertiary/aromatic N) is 1. The molecular weight excluding hydrogens is 264 g/mol. The van der Waals surface area contributed by atoms with Crippen molar-refractivity contribution >= 4 is 21.4 Å². The highest BCUT2D eigenvalue weighted by atomic mass is 32.2. The van der Waals surface area contributed by atoms with Gasteiger partial charge >= 0.3 is 0 Å². The number of benzene rings is 1. The Morgan fingerprint density at radius 2 is 1.89 bits per heavy atom. The van der Waals surface area contributed by atoms with Crippen LogP contribution in [0.2, 0.25) is 0 Å². The molecule has 0 amide bonds. The number of hydrogen-bond donors (Lipinski definition) is 3. The number of likely N-dealkylation sites (N-methyl/N-ethyl adjacent to an activating group) is 1. The van der Waals surface area contributed by atoms with E-state index < -0.39 is 10.0 Å². The number of sulfonamides is 1. The molecule has 0 aliphatic rings. The van der Waals surface area contributed by atoms with Gasteiger partial charge in [0.05, 0.1) is 16.3 Å². The first-order valence-corrected chi connectivity index (χ1v) is 7.81. The average molecular weight is 286 g/mol. The molecule has 0 radical (unpaired) electrons. The Bertz CT molecular complexity index is 512. The highest BCUT2D eigenvalue weighted by Gasteiger charge is 2.10. The average Bonchev–Trinajstić information content (AvgIpc) is 2.35. The van der Waals surface area contributed by atoms with Gasteiger partial charge in [-0.3, -0.25) is 0 Å². The van der Waals surface area contributed by atoms with Crippen LogP contribution in [0, 0.1) is 0 Å². The summed E-state index contributed by atoms with van der Waals surface area (Å²) in [5.41, 5.74) is 6.91. The van der Waals surface area contributed by atoms with Crippen molar-refractivity contribution in [2.24, 2.45) is 5.14 Å². The van der Waals surface area contributed by atoms with E-state index in [1.54, 1.807) is 6.07 Å². The van der Waals surface area contributed by atoms with Gasteiger partial charge < -0.3 is 16.0 Å². The van der Waals surface area contributed by atoms with Gasteiger partial charge in [0.1, 0.15) is 0 Å².